The van der Waals surface area contributed by atoms with Gasteiger partial charge in [0.15, 0.2) is 5.13 Å². The zero-order chi connectivity index (χ0) is 13.2. The van der Waals surface area contributed by atoms with Gasteiger partial charge in [-0.1, -0.05) is 30.3 Å². The maximum absolute atomic E-state index is 4.85. The molecule has 2 aromatic rings. The van der Waals surface area contributed by atoms with E-state index < -0.39 is 0 Å². The van der Waals surface area contributed by atoms with E-state index in [2.05, 4.69) is 48.0 Å². The summed E-state index contributed by atoms with van der Waals surface area (Å²) >= 11 is 1.81. The number of benzene rings is 1. The Bertz CT molecular complexity index is 542. The van der Waals surface area contributed by atoms with Crippen LogP contribution in [0.15, 0.2) is 30.3 Å². The maximum atomic E-state index is 4.85. The van der Waals surface area contributed by atoms with Gasteiger partial charge < -0.3 is 9.80 Å². The Kier molecular flexibility index (Phi) is 3.53. The SMILES string of the molecule is Cc1sc(N2CCN(C)CC2)nc1-c1ccccc1. The first-order valence-electron chi connectivity index (χ1n) is 6.70. The van der Waals surface area contributed by atoms with Crippen molar-refractivity contribution in [2.75, 3.05) is 38.1 Å². The largest absolute Gasteiger partial charge is 0.346 e. The van der Waals surface area contributed by atoms with Crippen LogP contribution in [0, 0.1) is 6.92 Å². The highest BCUT2D eigenvalue weighted by Crippen LogP contribution is 2.32. The molecule has 0 amide bonds. The zero-order valence-corrected chi connectivity index (χ0v) is 12.3. The van der Waals surface area contributed by atoms with Crippen LogP contribution >= 0.6 is 11.3 Å². The first-order chi connectivity index (χ1) is 9.24. The number of likely N-dealkylation sites (N-methyl/N-ethyl adjacent to an activating group) is 1. The fourth-order valence-corrected chi connectivity index (χ4v) is 3.36. The molecule has 3 nitrogen and oxygen atoms in total. The Balaban J connectivity index is 1.85. The molecule has 1 aliphatic rings. The fourth-order valence-electron chi connectivity index (χ4n) is 2.38. The van der Waals surface area contributed by atoms with Gasteiger partial charge in [0.1, 0.15) is 0 Å². The van der Waals surface area contributed by atoms with E-state index in [1.165, 1.54) is 15.6 Å². The number of anilines is 1. The molecule has 0 aliphatic carbocycles. The Hall–Kier alpha value is -1.39. The third-order valence-electron chi connectivity index (χ3n) is 3.61. The van der Waals surface area contributed by atoms with Crippen molar-refractivity contribution in [3.63, 3.8) is 0 Å². The third-order valence-corrected chi connectivity index (χ3v) is 4.64. The van der Waals surface area contributed by atoms with Crippen molar-refractivity contribution in [1.29, 1.82) is 0 Å². The van der Waals surface area contributed by atoms with E-state index in [0.29, 0.717) is 0 Å². The van der Waals surface area contributed by atoms with Crippen LogP contribution in [0.1, 0.15) is 4.88 Å². The summed E-state index contributed by atoms with van der Waals surface area (Å²) in [5, 5.41) is 1.17. The van der Waals surface area contributed by atoms with Crippen LogP contribution in [0.3, 0.4) is 0 Å². The lowest BCUT2D eigenvalue weighted by Crippen LogP contribution is -2.44. The Morgan fingerprint density at radius 2 is 1.74 bits per heavy atom. The summed E-state index contributed by atoms with van der Waals surface area (Å²) in [5.74, 6) is 0. The van der Waals surface area contributed by atoms with Crippen molar-refractivity contribution < 1.29 is 0 Å². The molecule has 100 valence electrons. The van der Waals surface area contributed by atoms with Gasteiger partial charge in [0.05, 0.1) is 5.69 Å². The summed E-state index contributed by atoms with van der Waals surface area (Å²) in [5.41, 5.74) is 2.36. The number of rotatable bonds is 2. The predicted octanol–water partition coefficient (Wildman–Crippen LogP) is 2.87. The van der Waals surface area contributed by atoms with Gasteiger partial charge in [-0.05, 0) is 14.0 Å². The normalized spacial score (nSPS) is 16.8. The molecule has 1 aromatic carbocycles. The number of nitrogens with zero attached hydrogens (tertiary/aromatic N) is 3. The summed E-state index contributed by atoms with van der Waals surface area (Å²) in [6.45, 7) is 6.58. The minimum absolute atomic E-state index is 1.08. The van der Waals surface area contributed by atoms with Crippen LogP contribution in [0.2, 0.25) is 0 Å². The summed E-state index contributed by atoms with van der Waals surface area (Å²) in [4.78, 5) is 10.9. The summed E-state index contributed by atoms with van der Waals surface area (Å²) in [6, 6.07) is 10.5. The standard InChI is InChI=1S/C15H19N3S/c1-12-14(13-6-4-3-5-7-13)16-15(19-12)18-10-8-17(2)9-11-18/h3-7H,8-11H2,1-2H3. The topological polar surface area (TPSA) is 19.4 Å². The van der Waals surface area contributed by atoms with Gasteiger partial charge in [0, 0.05) is 36.6 Å². The van der Waals surface area contributed by atoms with Gasteiger partial charge in [-0.15, -0.1) is 11.3 Å². The molecule has 1 aromatic heterocycles. The maximum Gasteiger partial charge on any atom is 0.186 e. The van der Waals surface area contributed by atoms with Crippen LogP contribution < -0.4 is 4.90 Å². The van der Waals surface area contributed by atoms with Crippen molar-refractivity contribution in [2.45, 2.75) is 6.92 Å². The van der Waals surface area contributed by atoms with E-state index in [0.717, 1.165) is 31.9 Å². The van der Waals surface area contributed by atoms with Crippen molar-refractivity contribution in [2.24, 2.45) is 0 Å². The van der Waals surface area contributed by atoms with Crippen molar-refractivity contribution in [3.8, 4) is 11.3 Å². The quantitative estimate of drug-likeness (QED) is 0.839. The van der Waals surface area contributed by atoms with Crippen LogP contribution in [-0.2, 0) is 0 Å². The monoisotopic (exact) mass is 273 g/mol. The molecular weight excluding hydrogens is 254 g/mol. The van der Waals surface area contributed by atoms with E-state index in [1.54, 1.807) is 0 Å². The molecule has 0 bridgehead atoms. The van der Waals surface area contributed by atoms with E-state index >= 15 is 0 Å². The Labute approximate surface area is 118 Å². The molecule has 1 saturated heterocycles. The molecule has 0 atom stereocenters. The average Bonchev–Trinajstić information content (AvgIpc) is 2.83. The Morgan fingerprint density at radius 1 is 1.05 bits per heavy atom. The fraction of sp³-hybridized carbons (Fsp3) is 0.400. The number of aryl methyl sites for hydroxylation is 1. The molecule has 3 rings (SSSR count). The second kappa shape index (κ2) is 5.31. The summed E-state index contributed by atoms with van der Waals surface area (Å²) in [6.07, 6.45) is 0. The van der Waals surface area contributed by atoms with Crippen molar-refractivity contribution >= 4 is 16.5 Å². The van der Waals surface area contributed by atoms with Crippen LogP contribution in [0.5, 0.6) is 0 Å². The number of piperazine rings is 1. The lowest BCUT2D eigenvalue weighted by molar-refractivity contribution is 0.313. The minimum atomic E-state index is 1.08. The van der Waals surface area contributed by atoms with Gasteiger partial charge in [0.2, 0.25) is 0 Å². The number of hydrogen-bond donors (Lipinski definition) is 0. The number of aromatic nitrogens is 1. The molecule has 4 heteroatoms. The van der Waals surface area contributed by atoms with Gasteiger partial charge in [-0.3, -0.25) is 0 Å². The zero-order valence-electron chi connectivity index (χ0n) is 11.5. The first-order valence-corrected chi connectivity index (χ1v) is 7.52. The molecule has 0 unspecified atom stereocenters. The highest BCUT2D eigenvalue weighted by atomic mass is 32.1. The Morgan fingerprint density at radius 3 is 2.42 bits per heavy atom. The van der Waals surface area contributed by atoms with Gasteiger partial charge in [-0.2, -0.15) is 0 Å². The van der Waals surface area contributed by atoms with Crippen molar-refractivity contribution in [3.05, 3.63) is 35.2 Å². The first kappa shape index (κ1) is 12.6. The van der Waals surface area contributed by atoms with E-state index in [4.69, 9.17) is 4.98 Å². The molecule has 2 heterocycles. The molecule has 1 fully saturated rings. The lowest BCUT2D eigenvalue weighted by atomic mass is 10.1. The lowest BCUT2D eigenvalue weighted by Gasteiger charge is -2.32. The van der Waals surface area contributed by atoms with Crippen LogP contribution in [0.25, 0.3) is 11.3 Å². The van der Waals surface area contributed by atoms with E-state index in [9.17, 15) is 0 Å². The molecule has 0 saturated carbocycles. The summed E-state index contributed by atoms with van der Waals surface area (Å²) < 4.78 is 0. The smallest absolute Gasteiger partial charge is 0.186 e. The molecule has 1 aliphatic heterocycles. The van der Waals surface area contributed by atoms with E-state index in [1.807, 2.05) is 17.4 Å². The van der Waals surface area contributed by atoms with E-state index in [-0.39, 0.29) is 0 Å². The van der Waals surface area contributed by atoms with Gasteiger partial charge in [-0.25, -0.2) is 4.98 Å². The highest BCUT2D eigenvalue weighted by molar-refractivity contribution is 7.16. The second-order valence-electron chi connectivity index (χ2n) is 5.06. The summed E-state index contributed by atoms with van der Waals surface area (Å²) in [7, 11) is 2.18. The van der Waals surface area contributed by atoms with Gasteiger partial charge >= 0.3 is 0 Å². The number of hydrogen-bond acceptors (Lipinski definition) is 4. The molecule has 0 N–H and O–H groups in total. The molecular formula is C15H19N3S. The molecule has 0 radical (unpaired) electrons. The molecule has 0 spiro atoms. The van der Waals surface area contributed by atoms with Crippen molar-refractivity contribution in [1.82, 2.24) is 9.88 Å². The van der Waals surface area contributed by atoms with Crippen LogP contribution in [-0.4, -0.2) is 43.1 Å². The van der Waals surface area contributed by atoms with Crippen LogP contribution in [0.4, 0.5) is 5.13 Å². The second-order valence-corrected chi connectivity index (χ2v) is 6.24. The average molecular weight is 273 g/mol. The highest BCUT2D eigenvalue weighted by Gasteiger charge is 2.19. The minimum Gasteiger partial charge on any atom is -0.346 e. The predicted molar refractivity (Wildman–Crippen MR) is 82.0 cm³/mol. The third kappa shape index (κ3) is 2.65. The number of thiazole rings is 1. The molecule has 19 heavy (non-hydrogen) atoms. The van der Waals surface area contributed by atoms with Gasteiger partial charge in [0.25, 0.3) is 0 Å².